The summed E-state index contributed by atoms with van der Waals surface area (Å²) in [5.41, 5.74) is 1.57. The van der Waals surface area contributed by atoms with Crippen LogP contribution >= 0.6 is 11.8 Å². The molecule has 4 rings (SSSR count). The summed E-state index contributed by atoms with van der Waals surface area (Å²) < 4.78 is 6.30. The van der Waals surface area contributed by atoms with Gasteiger partial charge in [0.25, 0.3) is 5.69 Å². The van der Waals surface area contributed by atoms with Crippen molar-refractivity contribution in [3.8, 4) is 5.75 Å². The molecule has 1 heterocycles. The zero-order valence-electron chi connectivity index (χ0n) is 17.2. The lowest BCUT2D eigenvalue weighted by atomic mass is 9.98. The molecule has 1 aliphatic carbocycles. The van der Waals surface area contributed by atoms with Crippen molar-refractivity contribution in [3.63, 3.8) is 0 Å². The van der Waals surface area contributed by atoms with E-state index in [0.717, 1.165) is 41.0 Å². The Hall–Kier alpha value is -3.06. The number of ether oxygens (including phenoxy) is 1. The average molecular weight is 436 g/mol. The van der Waals surface area contributed by atoms with Crippen LogP contribution in [0.15, 0.2) is 76.8 Å². The van der Waals surface area contributed by atoms with E-state index >= 15 is 0 Å². The van der Waals surface area contributed by atoms with Crippen LogP contribution in [0.4, 0.5) is 11.4 Å². The van der Waals surface area contributed by atoms with Crippen LogP contribution in [0.5, 0.6) is 5.75 Å². The normalized spacial score (nSPS) is 14.2. The molecule has 1 aliphatic rings. The Morgan fingerprint density at radius 3 is 2.52 bits per heavy atom. The Bertz CT molecular complexity index is 1010. The van der Waals surface area contributed by atoms with E-state index in [1.165, 1.54) is 18.2 Å². The number of pyridine rings is 1. The van der Waals surface area contributed by atoms with Crippen LogP contribution in [0.3, 0.4) is 0 Å². The number of rotatable bonds is 8. The summed E-state index contributed by atoms with van der Waals surface area (Å²) >= 11 is 1.53. The number of nitrogens with one attached hydrogen (secondary N) is 1. The first-order valence-corrected chi connectivity index (χ1v) is 11.4. The fourth-order valence-corrected chi connectivity index (χ4v) is 4.60. The van der Waals surface area contributed by atoms with Crippen LogP contribution < -0.4 is 10.1 Å². The highest BCUT2D eigenvalue weighted by molar-refractivity contribution is 7.99. The number of hydrogen-bond donors (Lipinski definition) is 1. The molecule has 0 spiro atoms. The molecule has 0 unspecified atom stereocenters. The minimum atomic E-state index is -0.345. The lowest BCUT2D eigenvalue weighted by molar-refractivity contribution is -0.384. The number of nitrogens with zero attached hydrogens (tertiary/aromatic N) is 2. The fourth-order valence-electron chi connectivity index (χ4n) is 3.70. The first-order valence-electron chi connectivity index (χ1n) is 10.5. The monoisotopic (exact) mass is 435 g/mol. The van der Waals surface area contributed by atoms with Gasteiger partial charge in [-0.1, -0.05) is 48.5 Å². The predicted octanol–water partition coefficient (Wildman–Crippen LogP) is 6.46. The van der Waals surface area contributed by atoms with Crippen molar-refractivity contribution in [1.29, 1.82) is 0 Å². The first-order chi connectivity index (χ1) is 15.2. The molecule has 1 N–H and O–H groups in total. The molecule has 160 valence electrons. The van der Waals surface area contributed by atoms with Crippen LogP contribution in [0.1, 0.15) is 37.7 Å². The maximum absolute atomic E-state index is 11.8. The molecule has 0 atom stereocenters. The molecule has 0 bridgehead atoms. The van der Waals surface area contributed by atoms with Gasteiger partial charge in [-0.15, -0.1) is 0 Å². The molecule has 0 radical (unpaired) electrons. The lowest BCUT2D eigenvalue weighted by Crippen LogP contribution is -2.20. The highest BCUT2D eigenvalue weighted by Gasteiger charge is 2.23. The molecule has 0 aliphatic heterocycles. The average Bonchev–Trinajstić information content (AvgIpc) is 2.81. The molecule has 2 aromatic carbocycles. The minimum Gasteiger partial charge on any atom is -0.489 e. The highest BCUT2D eigenvalue weighted by Crippen LogP contribution is 2.42. The van der Waals surface area contributed by atoms with E-state index in [9.17, 15) is 10.1 Å². The van der Waals surface area contributed by atoms with E-state index in [1.54, 1.807) is 18.5 Å². The van der Waals surface area contributed by atoms with Crippen molar-refractivity contribution < 1.29 is 9.66 Å². The summed E-state index contributed by atoms with van der Waals surface area (Å²) in [6.45, 7) is 0.504. The van der Waals surface area contributed by atoms with Gasteiger partial charge in [-0.3, -0.25) is 15.1 Å². The summed E-state index contributed by atoms with van der Waals surface area (Å²) in [7, 11) is 0. The smallest absolute Gasteiger partial charge is 0.296 e. The zero-order chi connectivity index (χ0) is 21.5. The Morgan fingerprint density at radius 1 is 1.06 bits per heavy atom. The van der Waals surface area contributed by atoms with Gasteiger partial charge in [-0.05, 0) is 49.4 Å². The molecule has 1 aromatic heterocycles. The second kappa shape index (κ2) is 10.3. The Balaban J connectivity index is 1.66. The van der Waals surface area contributed by atoms with Gasteiger partial charge in [-0.2, -0.15) is 0 Å². The quantitative estimate of drug-likeness (QED) is 0.323. The van der Waals surface area contributed by atoms with Gasteiger partial charge in [0.1, 0.15) is 11.4 Å². The fraction of sp³-hybridized carbons (Fsp3) is 0.292. The molecule has 6 nitrogen and oxygen atoms in total. The summed E-state index contributed by atoms with van der Waals surface area (Å²) in [6.07, 6.45) is 9.05. The van der Waals surface area contributed by atoms with Crippen LogP contribution in [0.25, 0.3) is 0 Å². The van der Waals surface area contributed by atoms with E-state index in [1.807, 2.05) is 48.5 Å². The maximum Gasteiger partial charge on any atom is 0.296 e. The maximum atomic E-state index is 11.8. The van der Waals surface area contributed by atoms with E-state index < -0.39 is 0 Å². The molecule has 7 heteroatoms. The van der Waals surface area contributed by atoms with Crippen molar-refractivity contribution in [2.45, 2.75) is 54.5 Å². The van der Waals surface area contributed by atoms with E-state index in [-0.39, 0.29) is 16.7 Å². The van der Waals surface area contributed by atoms with Gasteiger partial charge in [0.05, 0.1) is 22.0 Å². The molecule has 0 saturated heterocycles. The van der Waals surface area contributed by atoms with Gasteiger partial charge in [0.2, 0.25) is 0 Å². The van der Waals surface area contributed by atoms with E-state index in [0.29, 0.717) is 18.0 Å². The largest absolute Gasteiger partial charge is 0.489 e. The van der Waals surface area contributed by atoms with Crippen LogP contribution in [0.2, 0.25) is 0 Å². The Labute approximate surface area is 186 Å². The van der Waals surface area contributed by atoms with Crippen molar-refractivity contribution in [3.05, 3.63) is 82.7 Å². The van der Waals surface area contributed by atoms with Gasteiger partial charge in [-0.25, -0.2) is 0 Å². The van der Waals surface area contributed by atoms with Crippen LogP contribution in [-0.4, -0.2) is 16.0 Å². The lowest BCUT2D eigenvalue weighted by Gasteiger charge is -2.24. The topological polar surface area (TPSA) is 77.3 Å². The second-order valence-corrected chi connectivity index (χ2v) is 8.69. The third kappa shape index (κ3) is 5.76. The van der Waals surface area contributed by atoms with Crippen molar-refractivity contribution in [2.24, 2.45) is 0 Å². The molecule has 3 aromatic rings. The minimum absolute atomic E-state index is 0.0285. The Morgan fingerprint density at radius 2 is 1.81 bits per heavy atom. The summed E-state index contributed by atoms with van der Waals surface area (Å²) in [5.74, 6) is 0.575. The first kappa shape index (κ1) is 21.2. The summed E-state index contributed by atoms with van der Waals surface area (Å²) in [5, 5.41) is 15.1. The zero-order valence-corrected chi connectivity index (χ0v) is 18.0. The third-order valence-electron chi connectivity index (χ3n) is 5.31. The van der Waals surface area contributed by atoms with Crippen LogP contribution in [-0.2, 0) is 6.54 Å². The van der Waals surface area contributed by atoms with E-state index in [2.05, 4.69) is 10.3 Å². The highest BCUT2D eigenvalue weighted by atomic mass is 32.2. The number of benzene rings is 2. The molecular weight excluding hydrogens is 410 g/mol. The molecular formula is C24H25N3O3S. The number of nitro benzene ring substituents is 1. The van der Waals surface area contributed by atoms with Gasteiger partial charge < -0.3 is 10.1 Å². The van der Waals surface area contributed by atoms with Crippen molar-refractivity contribution in [2.75, 3.05) is 5.32 Å². The van der Waals surface area contributed by atoms with Crippen molar-refractivity contribution in [1.82, 2.24) is 4.98 Å². The molecule has 31 heavy (non-hydrogen) atoms. The summed E-state index contributed by atoms with van der Waals surface area (Å²) in [6, 6.07) is 17.1. The second-order valence-electron chi connectivity index (χ2n) is 7.58. The molecule has 1 fully saturated rings. The van der Waals surface area contributed by atoms with Gasteiger partial charge in [0.15, 0.2) is 0 Å². The van der Waals surface area contributed by atoms with Crippen LogP contribution in [0, 0.1) is 10.1 Å². The third-order valence-corrected chi connectivity index (χ3v) is 6.35. The number of nitro groups is 1. The standard InChI is InChI=1S/C24H25N3O3S/c28-27(29)22-16-23(30-19-9-5-2-6-10-19)24(31-20-11-13-25-14-12-20)15-21(22)26-17-18-7-3-1-4-8-18/h1,3-4,7-8,11-16,19,26H,2,5-6,9-10,17H2. The summed E-state index contributed by atoms with van der Waals surface area (Å²) in [4.78, 5) is 17.4. The molecule has 1 saturated carbocycles. The van der Waals surface area contributed by atoms with Crippen molar-refractivity contribution >= 4 is 23.1 Å². The number of anilines is 1. The Kier molecular flexibility index (Phi) is 7.04. The number of aromatic nitrogens is 1. The number of hydrogen-bond acceptors (Lipinski definition) is 6. The SMILES string of the molecule is O=[N+]([O-])c1cc(OC2CCCCC2)c(Sc2ccncc2)cc1NCc1ccccc1. The van der Waals surface area contributed by atoms with Gasteiger partial charge in [0, 0.05) is 23.8 Å². The predicted molar refractivity (Wildman–Crippen MR) is 123 cm³/mol. The van der Waals surface area contributed by atoms with E-state index in [4.69, 9.17) is 4.74 Å². The van der Waals surface area contributed by atoms with Gasteiger partial charge >= 0.3 is 0 Å². The molecule has 0 amide bonds.